The van der Waals surface area contributed by atoms with E-state index in [4.69, 9.17) is 11.6 Å². The number of aryl methyl sites for hydroxylation is 1. The second kappa shape index (κ2) is 10.6. The van der Waals surface area contributed by atoms with Crippen LogP contribution in [-0.2, 0) is 11.3 Å². The molecule has 0 aliphatic heterocycles. The first-order valence-electron chi connectivity index (χ1n) is 9.32. The Morgan fingerprint density at radius 3 is 2.87 bits per heavy atom. The molecule has 0 aliphatic rings. The largest absolute Gasteiger partial charge is 0.342 e. The number of benzene rings is 1. The van der Waals surface area contributed by atoms with Crippen molar-refractivity contribution in [3.05, 3.63) is 64.4 Å². The van der Waals surface area contributed by atoms with E-state index in [2.05, 4.69) is 32.4 Å². The molecule has 0 bridgehead atoms. The number of aromatic nitrogens is 4. The van der Waals surface area contributed by atoms with Gasteiger partial charge in [-0.25, -0.2) is 4.98 Å². The number of amides is 2. The molecule has 0 spiro atoms. The monoisotopic (exact) mass is 476 g/mol. The summed E-state index contributed by atoms with van der Waals surface area (Å²) in [5, 5.41) is 17.6. The first kappa shape index (κ1) is 23.0. The van der Waals surface area contributed by atoms with Gasteiger partial charge in [0, 0.05) is 22.5 Å². The number of carbonyl (C=O) groups excluding carboxylic acids is 2. The molecule has 31 heavy (non-hydrogen) atoms. The Bertz CT molecular complexity index is 1100. The number of rotatable bonds is 9. The third-order valence-corrected chi connectivity index (χ3v) is 6.15. The molecule has 8 nitrogen and oxygen atoms in total. The zero-order valence-electron chi connectivity index (χ0n) is 17.0. The minimum atomic E-state index is -0.416. The molecule has 11 heteroatoms. The van der Waals surface area contributed by atoms with Gasteiger partial charge in [-0.15, -0.1) is 28.1 Å². The SMILES string of the molecule is C=CCn1c(SCC(=O)Nc2nc(C)cs2)nnc1[C@@H](C)NC(=O)c1cccc(Cl)c1. The lowest BCUT2D eigenvalue weighted by Gasteiger charge is -2.15. The van der Waals surface area contributed by atoms with Crippen molar-refractivity contribution in [2.24, 2.45) is 0 Å². The van der Waals surface area contributed by atoms with Gasteiger partial charge in [0.1, 0.15) is 0 Å². The van der Waals surface area contributed by atoms with Crippen molar-refractivity contribution in [1.29, 1.82) is 0 Å². The number of anilines is 1. The quantitative estimate of drug-likeness (QED) is 0.356. The molecular weight excluding hydrogens is 456 g/mol. The molecule has 1 atom stereocenters. The van der Waals surface area contributed by atoms with Crippen molar-refractivity contribution in [2.75, 3.05) is 11.1 Å². The minimum absolute atomic E-state index is 0.150. The summed E-state index contributed by atoms with van der Waals surface area (Å²) in [6, 6.07) is 6.29. The molecule has 3 aromatic rings. The molecule has 0 aliphatic carbocycles. The van der Waals surface area contributed by atoms with Gasteiger partial charge in [0.05, 0.1) is 17.5 Å². The average molecular weight is 477 g/mol. The summed E-state index contributed by atoms with van der Waals surface area (Å²) in [6.45, 7) is 7.90. The van der Waals surface area contributed by atoms with Crippen molar-refractivity contribution in [3.63, 3.8) is 0 Å². The first-order valence-corrected chi connectivity index (χ1v) is 11.6. The molecule has 162 valence electrons. The van der Waals surface area contributed by atoms with Crippen LogP contribution < -0.4 is 10.6 Å². The van der Waals surface area contributed by atoms with Crippen molar-refractivity contribution >= 4 is 51.6 Å². The van der Waals surface area contributed by atoms with E-state index < -0.39 is 6.04 Å². The van der Waals surface area contributed by atoms with Crippen LogP contribution in [0.1, 0.15) is 34.8 Å². The van der Waals surface area contributed by atoms with Gasteiger partial charge in [0.15, 0.2) is 16.1 Å². The molecule has 2 N–H and O–H groups in total. The molecule has 2 heterocycles. The third-order valence-electron chi connectivity index (χ3n) is 4.08. The van der Waals surface area contributed by atoms with Gasteiger partial charge in [-0.1, -0.05) is 35.5 Å². The Labute approximate surface area is 193 Å². The molecule has 0 unspecified atom stereocenters. The summed E-state index contributed by atoms with van der Waals surface area (Å²) in [6.07, 6.45) is 1.71. The lowest BCUT2D eigenvalue weighted by Crippen LogP contribution is -2.28. The molecule has 1 aromatic carbocycles. The number of thiazole rings is 1. The summed E-state index contributed by atoms with van der Waals surface area (Å²) in [5.74, 6) is 0.262. The summed E-state index contributed by atoms with van der Waals surface area (Å²) < 4.78 is 1.82. The molecule has 0 radical (unpaired) electrons. The summed E-state index contributed by atoms with van der Waals surface area (Å²) in [4.78, 5) is 29.0. The molecule has 0 fully saturated rings. The van der Waals surface area contributed by atoms with Crippen LogP contribution in [0.5, 0.6) is 0 Å². The maximum atomic E-state index is 12.5. The number of hydrogen-bond acceptors (Lipinski definition) is 7. The number of carbonyl (C=O) groups is 2. The average Bonchev–Trinajstić information content (AvgIpc) is 3.32. The number of nitrogens with zero attached hydrogens (tertiary/aromatic N) is 4. The Balaban J connectivity index is 1.66. The molecular formula is C20H21ClN6O2S2. The van der Waals surface area contributed by atoms with Crippen LogP contribution in [0, 0.1) is 6.92 Å². The van der Waals surface area contributed by atoms with Crippen LogP contribution in [0.15, 0.2) is 47.5 Å². The van der Waals surface area contributed by atoms with Crippen LogP contribution in [0.3, 0.4) is 0 Å². The van der Waals surface area contributed by atoms with Crippen LogP contribution >= 0.6 is 34.7 Å². The number of allylic oxidation sites excluding steroid dienone is 1. The number of nitrogens with one attached hydrogen (secondary N) is 2. The molecule has 3 rings (SSSR count). The van der Waals surface area contributed by atoms with Gasteiger partial charge in [0.2, 0.25) is 5.91 Å². The number of hydrogen-bond donors (Lipinski definition) is 2. The van der Waals surface area contributed by atoms with Crippen molar-refractivity contribution in [3.8, 4) is 0 Å². The maximum absolute atomic E-state index is 12.5. The van der Waals surface area contributed by atoms with E-state index in [1.807, 2.05) is 23.8 Å². The second-order valence-corrected chi connectivity index (χ2v) is 8.81. The van der Waals surface area contributed by atoms with Crippen molar-refractivity contribution in [2.45, 2.75) is 31.6 Å². The maximum Gasteiger partial charge on any atom is 0.251 e. The molecule has 2 aromatic heterocycles. The standard InChI is InChI=1S/C20H21ClN6O2S2/c1-4-8-27-17(13(3)23-18(29)14-6-5-7-15(21)9-14)25-26-20(27)31-11-16(28)24-19-22-12(2)10-30-19/h4-7,9-10,13H,1,8,11H2,2-3H3,(H,23,29)(H,22,24,28)/t13-/m1/s1. The molecule has 2 amide bonds. The van der Waals surface area contributed by atoms with E-state index in [9.17, 15) is 9.59 Å². The van der Waals surface area contributed by atoms with E-state index in [-0.39, 0.29) is 17.6 Å². The fraction of sp³-hybridized carbons (Fsp3) is 0.250. The van der Waals surface area contributed by atoms with Crippen LogP contribution in [0.4, 0.5) is 5.13 Å². The van der Waals surface area contributed by atoms with E-state index in [1.165, 1.54) is 23.1 Å². The van der Waals surface area contributed by atoms with E-state index >= 15 is 0 Å². The third kappa shape index (κ3) is 6.16. The van der Waals surface area contributed by atoms with Crippen LogP contribution in [-0.4, -0.2) is 37.3 Å². The van der Waals surface area contributed by atoms with Crippen LogP contribution in [0.2, 0.25) is 5.02 Å². The second-order valence-electron chi connectivity index (χ2n) is 6.58. The molecule has 0 saturated heterocycles. The Kier molecular flexibility index (Phi) is 7.83. The van der Waals surface area contributed by atoms with Gasteiger partial charge in [-0.3, -0.25) is 9.59 Å². The normalized spacial score (nSPS) is 11.7. The zero-order chi connectivity index (χ0) is 22.4. The van der Waals surface area contributed by atoms with Crippen molar-refractivity contribution < 1.29 is 9.59 Å². The highest BCUT2D eigenvalue weighted by Gasteiger charge is 2.20. The van der Waals surface area contributed by atoms with Gasteiger partial charge in [-0.05, 0) is 32.0 Å². The first-order chi connectivity index (χ1) is 14.9. The van der Waals surface area contributed by atoms with E-state index in [0.717, 1.165) is 5.69 Å². The highest BCUT2D eigenvalue weighted by atomic mass is 35.5. The minimum Gasteiger partial charge on any atom is -0.342 e. The Morgan fingerprint density at radius 1 is 1.39 bits per heavy atom. The van der Waals surface area contributed by atoms with Crippen LogP contribution in [0.25, 0.3) is 0 Å². The number of halogens is 1. The van der Waals surface area contributed by atoms with Gasteiger partial charge in [0.25, 0.3) is 5.91 Å². The smallest absolute Gasteiger partial charge is 0.251 e. The van der Waals surface area contributed by atoms with Crippen molar-refractivity contribution in [1.82, 2.24) is 25.1 Å². The van der Waals surface area contributed by atoms with E-state index in [0.29, 0.717) is 33.2 Å². The lowest BCUT2D eigenvalue weighted by atomic mass is 10.2. The van der Waals surface area contributed by atoms with Gasteiger partial charge >= 0.3 is 0 Å². The number of thioether (sulfide) groups is 1. The topological polar surface area (TPSA) is 102 Å². The zero-order valence-corrected chi connectivity index (χ0v) is 19.4. The summed E-state index contributed by atoms with van der Waals surface area (Å²) in [5.41, 5.74) is 1.31. The fourth-order valence-corrected chi connectivity index (χ4v) is 4.35. The Morgan fingerprint density at radius 2 is 2.19 bits per heavy atom. The molecule has 0 saturated carbocycles. The lowest BCUT2D eigenvalue weighted by molar-refractivity contribution is -0.113. The van der Waals surface area contributed by atoms with Gasteiger partial charge in [-0.2, -0.15) is 0 Å². The highest BCUT2D eigenvalue weighted by Crippen LogP contribution is 2.22. The fourth-order valence-electron chi connectivity index (χ4n) is 2.70. The van der Waals surface area contributed by atoms with Gasteiger partial charge < -0.3 is 15.2 Å². The Hall–Kier alpha value is -2.69. The predicted octanol–water partition coefficient (Wildman–Crippen LogP) is 4.10. The summed E-state index contributed by atoms with van der Waals surface area (Å²) >= 11 is 8.60. The van der Waals surface area contributed by atoms with E-state index in [1.54, 1.807) is 30.3 Å². The predicted molar refractivity (Wildman–Crippen MR) is 124 cm³/mol. The highest BCUT2D eigenvalue weighted by molar-refractivity contribution is 7.99. The summed E-state index contributed by atoms with van der Waals surface area (Å²) in [7, 11) is 0.